The number of para-hydroxylation sites is 2. The van der Waals surface area contributed by atoms with Gasteiger partial charge in [0.1, 0.15) is 11.2 Å². The van der Waals surface area contributed by atoms with Gasteiger partial charge in [-0.05, 0) is 19.1 Å². The van der Waals surface area contributed by atoms with E-state index in [0.29, 0.717) is 11.1 Å². The third-order valence-electron chi connectivity index (χ3n) is 2.88. The van der Waals surface area contributed by atoms with Gasteiger partial charge in [0.15, 0.2) is 0 Å². The summed E-state index contributed by atoms with van der Waals surface area (Å²) in [5, 5.41) is 1.96. The van der Waals surface area contributed by atoms with Crippen molar-refractivity contribution in [1.29, 1.82) is 0 Å². The molecular weight excluding hydrogens is 226 g/mol. The summed E-state index contributed by atoms with van der Waals surface area (Å²) in [6.45, 7) is 1.72. The van der Waals surface area contributed by atoms with Gasteiger partial charge in [0, 0.05) is 17.0 Å². The molecule has 0 atom stereocenters. The Hall–Kier alpha value is -2.42. The third kappa shape index (κ3) is 1.52. The SMILES string of the molecule is C/C=N/C(=O)c1cccc2c1oc1ccccc12. The standard InChI is InChI=1S/C15H11NO2/c1-2-16-15(17)12-8-5-7-11-10-6-3-4-9-13(10)18-14(11)12/h2-9H,1H3/b16-2+. The summed E-state index contributed by atoms with van der Waals surface area (Å²) in [7, 11) is 0. The highest BCUT2D eigenvalue weighted by Gasteiger charge is 2.14. The third-order valence-corrected chi connectivity index (χ3v) is 2.88. The summed E-state index contributed by atoms with van der Waals surface area (Å²) >= 11 is 0. The van der Waals surface area contributed by atoms with Crippen molar-refractivity contribution in [3.05, 3.63) is 48.0 Å². The van der Waals surface area contributed by atoms with E-state index < -0.39 is 0 Å². The normalized spacial score (nSPS) is 11.6. The number of amides is 1. The van der Waals surface area contributed by atoms with E-state index in [9.17, 15) is 4.79 Å². The lowest BCUT2D eigenvalue weighted by Crippen LogP contribution is -1.94. The molecule has 3 heteroatoms. The van der Waals surface area contributed by atoms with Crippen molar-refractivity contribution in [3.63, 3.8) is 0 Å². The largest absolute Gasteiger partial charge is 0.455 e. The summed E-state index contributed by atoms with van der Waals surface area (Å²) in [6, 6.07) is 13.3. The van der Waals surface area contributed by atoms with Gasteiger partial charge in [-0.15, -0.1) is 0 Å². The Morgan fingerprint density at radius 3 is 2.72 bits per heavy atom. The zero-order chi connectivity index (χ0) is 12.5. The minimum Gasteiger partial charge on any atom is -0.455 e. The van der Waals surface area contributed by atoms with E-state index in [0.717, 1.165) is 16.4 Å². The van der Waals surface area contributed by atoms with E-state index in [-0.39, 0.29) is 5.91 Å². The number of nitrogens with zero attached hydrogens (tertiary/aromatic N) is 1. The highest BCUT2D eigenvalue weighted by atomic mass is 16.3. The van der Waals surface area contributed by atoms with Crippen LogP contribution in [0.3, 0.4) is 0 Å². The van der Waals surface area contributed by atoms with Gasteiger partial charge < -0.3 is 4.42 Å². The molecule has 0 saturated carbocycles. The van der Waals surface area contributed by atoms with Crippen LogP contribution in [0.25, 0.3) is 21.9 Å². The van der Waals surface area contributed by atoms with Crippen LogP contribution in [0.4, 0.5) is 0 Å². The first-order valence-electron chi connectivity index (χ1n) is 5.74. The number of rotatable bonds is 1. The smallest absolute Gasteiger partial charge is 0.280 e. The fourth-order valence-corrected chi connectivity index (χ4v) is 2.10. The zero-order valence-electron chi connectivity index (χ0n) is 9.88. The molecule has 0 aliphatic heterocycles. The second-order valence-electron chi connectivity index (χ2n) is 3.97. The quantitative estimate of drug-likeness (QED) is 0.604. The maximum absolute atomic E-state index is 11.9. The number of furan rings is 1. The van der Waals surface area contributed by atoms with Crippen LogP contribution >= 0.6 is 0 Å². The summed E-state index contributed by atoms with van der Waals surface area (Å²) in [4.78, 5) is 15.7. The molecule has 0 bridgehead atoms. The summed E-state index contributed by atoms with van der Waals surface area (Å²) in [6.07, 6.45) is 1.49. The molecule has 1 heterocycles. The van der Waals surface area contributed by atoms with Crippen LogP contribution in [0, 0.1) is 0 Å². The van der Waals surface area contributed by atoms with E-state index in [4.69, 9.17) is 4.42 Å². The second-order valence-corrected chi connectivity index (χ2v) is 3.97. The molecule has 0 N–H and O–H groups in total. The van der Waals surface area contributed by atoms with Crippen LogP contribution in [0.2, 0.25) is 0 Å². The number of carbonyl (C=O) groups is 1. The van der Waals surface area contributed by atoms with Gasteiger partial charge in [0.05, 0.1) is 5.56 Å². The van der Waals surface area contributed by atoms with E-state index in [2.05, 4.69) is 4.99 Å². The Labute approximate surface area is 104 Å². The predicted octanol–water partition coefficient (Wildman–Crippen LogP) is 3.82. The maximum Gasteiger partial charge on any atom is 0.280 e. The predicted molar refractivity (Wildman–Crippen MR) is 72.2 cm³/mol. The molecule has 0 aliphatic rings. The van der Waals surface area contributed by atoms with Crippen LogP contribution in [0.5, 0.6) is 0 Å². The van der Waals surface area contributed by atoms with Gasteiger partial charge >= 0.3 is 0 Å². The molecule has 0 spiro atoms. The topological polar surface area (TPSA) is 42.6 Å². The molecule has 0 unspecified atom stereocenters. The van der Waals surface area contributed by atoms with Crippen molar-refractivity contribution in [2.24, 2.45) is 4.99 Å². The molecule has 3 aromatic rings. The maximum atomic E-state index is 11.9. The number of fused-ring (bicyclic) bond motifs is 3. The van der Waals surface area contributed by atoms with Gasteiger partial charge in [-0.25, -0.2) is 4.99 Å². The van der Waals surface area contributed by atoms with Crippen molar-refractivity contribution in [1.82, 2.24) is 0 Å². The first kappa shape index (κ1) is 10.7. The summed E-state index contributed by atoms with van der Waals surface area (Å²) in [5.74, 6) is -0.276. The Kier molecular flexibility index (Phi) is 2.45. The highest BCUT2D eigenvalue weighted by molar-refractivity contribution is 6.14. The van der Waals surface area contributed by atoms with Crippen molar-refractivity contribution >= 4 is 34.1 Å². The number of aliphatic imine (C=N–C) groups is 1. The van der Waals surface area contributed by atoms with Crippen LogP contribution in [-0.2, 0) is 0 Å². The van der Waals surface area contributed by atoms with Gasteiger partial charge in [-0.1, -0.05) is 30.3 Å². The molecule has 2 aromatic carbocycles. The fourth-order valence-electron chi connectivity index (χ4n) is 2.10. The Bertz CT molecular complexity index is 768. The molecule has 1 amide bonds. The average Bonchev–Trinajstić information content (AvgIpc) is 2.77. The number of carbonyl (C=O) groups excluding carboxylic acids is 1. The monoisotopic (exact) mass is 237 g/mol. The van der Waals surface area contributed by atoms with Crippen LogP contribution < -0.4 is 0 Å². The van der Waals surface area contributed by atoms with E-state index in [1.54, 1.807) is 13.0 Å². The molecule has 0 aliphatic carbocycles. The van der Waals surface area contributed by atoms with Crippen molar-refractivity contribution in [2.75, 3.05) is 0 Å². The molecule has 3 nitrogen and oxygen atoms in total. The van der Waals surface area contributed by atoms with E-state index >= 15 is 0 Å². The fraction of sp³-hybridized carbons (Fsp3) is 0.0667. The lowest BCUT2D eigenvalue weighted by Gasteiger charge is -1.95. The summed E-state index contributed by atoms with van der Waals surface area (Å²) in [5.41, 5.74) is 1.89. The first-order chi connectivity index (χ1) is 8.81. The molecule has 18 heavy (non-hydrogen) atoms. The minimum atomic E-state index is -0.276. The highest BCUT2D eigenvalue weighted by Crippen LogP contribution is 2.30. The Morgan fingerprint density at radius 1 is 1.11 bits per heavy atom. The molecule has 3 rings (SSSR count). The van der Waals surface area contributed by atoms with Gasteiger partial charge in [0.25, 0.3) is 5.91 Å². The van der Waals surface area contributed by atoms with Gasteiger partial charge in [-0.2, -0.15) is 0 Å². The Balaban J connectivity index is 2.37. The number of hydrogen-bond acceptors (Lipinski definition) is 2. The molecule has 0 radical (unpaired) electrons. The zero-order valence-corrected chi connectivity index (χ0v) is 9.88. The lowest BCUT2D eigenvalue weighted by molar-refractivity contribution is 0.100. The van der Waals surface area contributed by atoms with Crippen LogP contribution in [-0.4, -0.2) is 12.1 Å². The minimum absolute atomic E-state index is 0.276. The molecular formula is C15H11NO2. The molecule has 0 saturated heterocycles. The molecule has 0 fully saturated rings. The van der Waals surface area contributed by atoms with Crippen LogP contribution in [0.1, 0.15) is 17.3 Å². The van der Waals surface area contributed by atoms with Crippen molar-refractivity contribution in [3.8, 4) is 0 Å². The Morgan fingerprint density at radius 2 is 1.89 bits per heavy atom. The molecule has 1 aromatic heterocycles. The lowest BCUT2D eigenvalue weighted by atomic mass is 10.1. The average molecular weight is 237 g/mol. The number of benzene rings is 2. The van der Waals surface area contributed by atoms with E-state index in [1.165, 1.54) is 6.21 Å². The van der Waals surface area contributed by atoms with Crippen molar-refractivity contribution in [2.45, 2.75) is 6.92 Å². The van der Waals surface area contributed by atoms with E-state index in [1.807, 2.05) is 36.4 Å². The summed E-state index contributed by atoms with van der Waals surface area (Å²) < 4.78 is 5.76. The van der Waals surface area contributed by atoms with Gasteiger partial charge in [0.2, 0.25) is 0 Å². The number of hydrogen-bond donors (Lipinski definition) is 0. The molecule has 88 valence electrons. The van der Waals surface area contributed by atoms with Crippen molar-refractivity contribution < 1.29 is 9.21 Å². The van der Waals surface area contributed by atoms with Crippen LogP contribution in [0.15, 0.2) is 51.9 Å². The first-order valence-corrected chi connectivity index (χ1v) is 5.74. The van der Waals surface area contributed by atoms with Gasteiger partial charge in [-0.3, -0.25) is 4.79 Å². The second kappa shape index (κ2) is 4.11.